The maximum absolute atomic E-state index is 14.3. The van der Waals surface area contributed by atoms with E-state index in [-0.39, 0.29) is 55.0 Å². The summed E-state index contributed by atoms with van der Waals surface area (Å²) in [4.78, 5) is 23.9. The number of methoxy groups -OCH3 is 1. The molecule has 288 valence electrons. The Kier molecular flexibility index (Phi) is 21.3. The van der Waals surface area contributed by atoms with Gasteiger partial charge in [0.05, 0.1) is 11.0 Å². The summed E-state index contributed by atoms with van der Waals surface area (Å²) in [5.74, 6) is 0.785. The van der Waals surface area contributed by atoms with Crippen LogP contribution in [0.1, 0.15) is 140 Å². The number of rotatable bonds is 24. The Labute approximate surface area is 320 Å². The van der Waals surface area contributed by atoms with Gasteiger partial charge in [-0.05, 0) is 86.5 Å². The molecule has 1 aromatic heterocycles. The van der Waals surface area contributed by atoms with Gasteiger partial charge in [0.25, 0.3) is 0 Å². The van der Waals surface area contributed by atoms with E-state index in [0.29, 0.717) is 12.8 Å². The summed E-state index contributed by atoms with van der Waals surface area (Å²) in [6, 6.07) is 13.4. The van der Waals surface area contributed by atoms with Crippen LogP contribution in [0.25, 0.3) is 11.0 Å². The van der Waals surface area contributed by atoms with Gasteiger partial charge < -0.3 is 19.4 Å². The molecule has 0 saturated heterocycles. The fourth-order valence-electron chi connectivity index (χ4n) is 8.10. The van der Waals surface area contributed by atoms with Crippen molar-refractivity contribution in [2.24, 2.45) is 5.92 Å². The van der Waals surface area contributed by atoms with Gasteiger partial charge in [-0.1, -0.05) is 103 Å². The van der Waals surface area contributed by atoms with Crippen LogP contribution in [0.3, 0.4) is 0 Å². The summed E-state index contributed by atoms with van der Waals surface area (Å²) in [6.07, 6.45) is 19.8. The monoisotopic (exact) mass is 749 g/mol. The number of imidazole rings is 1. The lowest BCUT2D eigenvalue weighted by atomic mass is 9.65. The third-order valence-corrected chi connectivity index (χ3v) is 10.6. The first-order chi connectivity index (χ1) is 23.8. The van der Waals surface area contributed by atoms with Gasteiger partial charge in [-0.2, -0.15) is 0 Å². The van der Waals surface area contributed by atoms with Gasteiger partial charge in [-0.25, -0.2) is 14.2 Å². The fourth-order valence-corrected chi connectivity index (χ4v) is 8.10. The van der Waals surface area contributed by atoms with E-state index in [4.69, 9.17) is 14.5 Å². The summed E-state index contributed by atoms with van der Waals surface area (Å²) in [5, 5.41) is 0. The second-order valence-electron chi connectivity index (χ2n) is 14.8. The van der Waals surface area contributed by atoms with E-state index >= 15 is 0 Å². The minimum Gasteiger partial charge on any atom is -0.457 e. The Bertz CT molecular complexity index is 1370. The van der Waals surface area contributed by atoms with Gasteiger partial charge in [0.15, 0.2) is 0 Å². The lowest BCUT2D eigenvalue weighted by Gasteiger charge is -2.47. The zero-order valence-corrected chi connectivity index (χ0v) is 33.5. The summed E-state index contributed by atoms with van der Waals surface area (Å²) < 4.78 is 25.9. The number of aryl methyl sites for hydroxylation is 2. The Morgan fingerprint density at radius 1 is 0.922 bits per heavy atom. The third-order valence-electron chi connectivity index (χ3n) is 10.6. The van der Waals surface area contributed by atoms with Crippen molar-refractivity contribution in [3.8, 4) is 0 Å². The number of carbonyl (C=O) groups excluding carboxylic acids is 1. The van der Waals surface area contributed by atoms with Crippen molar-refractivity contribution < 1.29 is 18.7 Å². The summed E-state index contributed by atoms with van der Waals surface area (Å²) in [5.41, 5.74) is 3.67. The van der Waals surface area contributed by atoms with Crippen molar-refractivity contribution in [3.63, 3.8) is 0 Å². The Hall–Kier alpha value is -2.19. The number of aromatic nitrogens is 2. The molecule has 1 aliphatic rings. The minimum absolute atomic E-state index is 0. The topological polar surface area (TPSA) is 67.5 Å². The smallest absolute Gasteiger partial charge is 0.332 e. The van der Waals surface area contributed by atoms with E-state index in [9.17, 15) is 9.18 Å². The average Bonchev–Trinajstić information content (AvgIpc) is 3.50. The maximum Gasteiger partial charge on any atom is 0.332 e. The number of benzene rings is 2. The highest BCUT2D eigenvalue weighted by Gasteiger charge is 2.47. The molecule has 0 aliphatic heterocycles. The quantitative estimate of drug-likeness (QED) is 0.0729. The van der Waals surface area contributed by atoms with Crippen molar-refractivity contribution in [1.29, 1.82) is 0 Å². The van der Waals surface area contributed by atoms with Crippen LogP contribution < -0.4 is 0 Å². The largest absolute Gasteiger partial charge is 0.457 e. The van der Waals surface area contributed by atoms with Crippen LogP contribution in [0.4, 0.5) is 4.39 Å². The van der Waals surface area contributed by atoms with E-state index in [1.807, 2.05) is 18.2 Å². The number of fused-ring (bicyclic) bond motifs is 2. The van der Waals surface area contributed by atoms with E-state index in [0.717, 1.165) is 79.7 Å². The first kappa shape index (κ1) is 45.0. The maximum atomic E-state index is 14.3. The summed E-state index contributed by atoms with van der Waals surface area (Å²) in [7, 11) is 1.54. The highest BCUT2D eigenvalue weighted by atomic mass is 35.5. The van der Waals surface area contributed by atoms with Gasteiger partial charge in [0.1, 0.15) is 23.8 Å². The number of H-pyrrole nitrogens is 1. The molecule has 3 aromatic rings. The van der Waals surface area contributed by atoms with Crippen molar-refractivity contribution in [1.82, 2.24) is 14.9 Å². The third kappa shape index (κ3) is 14.3. The molecular weight excluding hydrogens is 684 g/mol. The van der Waals surface area contributed by atoms with Crippen LogP contribution in [-0.4, -0.2) is 59.8 Å². The molecule has 0 amide bonds. The molecule has 51 heavy (non-hydrogen) atoms. The molecule has 2 atom stereocenters. The summed E-state index contributed by atoms with van der Waals surface area (Å²) >= 11 is 0. The number of nitrogens with one attached hydrogen (secondary N) is 1. The SMILES string of the molecule is CCCCCCCCCCCCN(CCCCCc1nc2ccccc2[nH]1)CC[C@@]1(OC(=O)COC)CCc2cc(F)ccc2[C@@H]1C(C)C.Cl.Cl. The number of esters is 1. The van der Waals surface area contributed by atoms with Crippen LogP contribution >= 0.6 is 24.8 Å². The van der Waals surface area contributed by atoms with E-state index < -0.39 is 5.60 Å². The molecule has 0 radical (unpaired) electrons. The van der Waals surface area contributed by atoms with E-state index in [1.54, 1.807) is 12.1 Å². The number of unbranched alkanes of at least 4 members (excludes halogenated alkanes) is 11. The molecule has 2 aromatic carbocycles. The first-order valence-electron chi connectivity index (χ1n) is 19.5. The second kappa shape index (κ2) is 24.2. The fraction of sp³-hybridized carbons (Fsp3) is 0.667. The van der Waals surface area contributed by atoms with E-state index in [2.05, 4.69) is 42.8 Å². The number of ether oxygens (including phenoxy) is 2. The number of nitrogens with zero attached hydrogens (tertiary/aromatic N) is 2. The van der Waals surface area contributed by atoms with Crippen LogP contribution in [-0.2, 0) is 27.1 Å². The molecule has 0 fully saturated rings. The Morgan fingerprint density at radius 2 is 1.57 bits per heavy atom. The number of aromatic amines is 1. The number of carbonyl (C=O) groups is 1. The van der Waals surface area contributed by atoms with Gasteiger partial charge in [0.2, 0.25) is 0 Å². The van der Waals surface area contributed by atoms with Crippen molar-refractivity contribution in [2.75, 3.05) is 33.4 Å². The van der Waals surface area contributed by atoms with Crippen LogP contribution in [0.2, 0.25) is 0 Å². The first-order valence-corrected chi connectivity index (χ1v) is 19.5. The molecular formula is C42H66Cl2FN3O3. The van der Waals surface area contributed by atoms with Gasteiger partial charge in [-0.3, -0.25) is 0 Å². The molecule has 1 N–H and O–H groups in total. The van der Waals surface area contributed by atoms with Crippen LogP contribution in [0.5, 0.6) is 0 Å². The minimum atomic E-state index is -0.647. The summed E-state index contributed by atoms with van der Waals surface area (Å²) in [6.45, 7) is 9.59. The second-order valence-corrected chi connectivity index (χ2v) is 14.8. The molecule has 0 saturated carbocycles. The Balaban J connectivity index is 0.00000451. The molecule has 1 aliphatic carbocycles. The zero-order valence-electron chi connectivity index (χ0n) is 31.9. The van der Waals surface area contributed by atoms with Gasteiger partial charge in [0, 0.05) is 32.4 Å². The molecule has 0 spiro atoms. The van der Waals surface area contributed by atoms with Crippen LogP contribution in [0.15, 0.2) is 42.5 Å². The number of halogens is 3. The lowest BCUT2D eigenvalue weighted by molar-refractivity contribution is -0.172. The molecule has 4 rings (SSSR count). The molecule has 9 heteroatoms. The number of hydrogen-bond acceptors (Lipinski definition) is 5. The molecule has 1 heterocycles. The highest BCUT2D eigenvalue weighted by molar-refractivity contribution is 5.85. The van der Waals surface area contributed by atoms with Crippen molar-refractivity contribution >= 4 is 41.8 Å². The van der Waals surface area contributed by atoms with Crippen LogP contribution in [0, 0.1) is 11.7 Å². The number of hydrogen-bond donors (Lipinski definition) is 1. The predicted molar refractivity (Wildman–Crippen MR) is 214 cm³/mol. The van der Waals surface area contributed by atoms with Crippen molar-refractivity contribution in [3.05, 3.63) is 65.2 Å². The van der Waals surface area contributed by atoms with Gasteiger partial charge in [-0.15, -0.1) is 24.8 Å². The molecule has 6 nitrogen and oxygen atoms in total. The predicted octanol–water partition coefficient (Wildman–Crippen LogP) is 11.2. The van der Waals surface area contributed by atoms with Crippen molar-refractivity contribution in [2.45, 2.75) is 141 Å². The highest BCUT2D eigenvalue weighted by Crippen LogP contribution is 2.48. The average molecular weight is 751 g/mol. The number of para-hydroxylation sites is 2. The molecule has 0 bridgehead atoms. The normalized spacial score (nSPS) is 17.0. The zero-order chi connectivity index (χ0) is 34.9. The molecule has 0 unspecified atom stereocenters. The van der Waals surface area contributed by atoms with E-state index in [1.165, 1.54) is 71.3 Å². The van der Waals surface area contributed by atoms with Gasteiger partial charge >= 0.3 is 5.97 Å². The lowest BCUT2D eigenvalue weighted by Crippen LogP contribution is -2.49. The standard InChI is InChI=1S/C42H64FN3O3.2ClH/c1-5-6-7-8-9-10-11-12-13-18-28-46(29-19-14-15-22-39-44-37-20-16-17-21-38(37)45-39)30-27-42(49-40(47)32-48-4)26-25-34-31-35(43)23-24-36(34)41(42)33(2)3;;/h16-17,20-21,23-24,31,33,41H,5-15,18-19,22,25-30,32H2,1-4H3,(H,44,45);2*1H/t41-,42-;;/m0../s1. The Morgan fingerprint density at radius 3 is 2.22 bits per heavy atom.